The highest BCUT2D eigenvalue weighted by Gasteiger charge is 2.14. The van der Waals surface area contributed by atoms with E-state index in [0.717, 1.165) is 12.8 Å². The van der Waals surface area contributed by atoms with Crippen molar-refractivity contribution in [1.29, 1.82) is 0 Å². The lowest BCUT2D eigenvalue weighted by Crippen LogP contribution is -2.07. The molecule has 0 aliphatic rings. The van der Waals surface area contributed by atoms with Crippen molar-refractivity contribution in [1.82, 2.24) is 4.98 Å². The van der Waals surface area contributed by atoms with E-state index in [9.17, 15) is 10.1 Å². The van der Waals surface area contributed by atoms with Crippen molar-refractivity contribution in [3.63, 3.8) is 0 Å². The molecule has 1 aromatic heterocycles. The molecule has 0 aliphatic carbocycles. The molecule has 0 unspecified atom stereocenters. The Morgan fingerprint density at radius 2 is 2.33 bits per heavy atom. The Kier molecular flexibility index (Phi) is 3.84. The van der Waals surface area contributed by atoms with E-state index in [1.54, 1.807) is 0 Å². The van der Waals surface area contributed by atoms with Crippen LogP contribution in [-0.4, -0.2) is 16.5 Å². The van der Waals surface area contributed by atoms with Crippen molar-refractivity contribution < 1.29 is 4.92 Å². The third-order valence-corrected chi connectivity index (χ3v) is 1.91. The quantitative estimate of drug-likeness (QED) is 0.439. The first kappa shape index (κ1) is 11.2. The van der Waals surface area contributed by atoms with Gasteiger partial charge in [-0.15, -0.1) is 0 Å². The molecule has 0 radical (unpaired) electrons. The summed E-state index contributed by atoms with van der Waals surface area (Å²) in [5.41, 5.74) is 5.42. The topological polar surface area (TPSA) is 94.1 Å². The minimum atomic E-state index is -0.472. The minimum Gasteiger partial charge on any atom is -0.384 e. The second-order valence-corrected chi connectivity index (χ2v) is 3.14. The highest BCUT2D eigenvalue weighted by atomic mass is 16.6. The summed E-state index contributed by atoms with van der Waals surface area (Å²) in [7, 11) is 0. The number of anilines is 2. The monoisotopic (exact) mass is 210 g/mol. The molecular weight excluding hydrogens is 196 g/mol. The number of nitro groups is 1. The molecule has 3 N–H and O–H groups in total. The number of nitrogens with one attached hydrogen (secondary N) is 1. The first-order valence-electron chi connectivity index (χ1n) is 4.80. The lowest BCUT2D eigenvalue weighted by molar-refractivity contribution is -0.384. The van der Waals surface area contributed by atoms with E-state index in [1.807, 2.05) is 6.92 Å². The normalized spacial score (nSPS) is 9.93. The van der Waals surface area contributed by atoms with Crippen LogP contribution >= 0.6 is 0 Å². The molecule has 0 bridgehead atoms. The number of nitrogens with zero attached hydrogens (tertiary/aromatic N) is 2. The zero-order valence-electron chi connectivity index (χ0n) is 8.56. The number of rotatable bonds is 5. The summed E-state index contributed by atoms with van der Waals surface area (Å²) in [5, 5.41) is 13.6. The summed E-state index contributed by atoms with van der Waals surface area (Å²) in [6.45, 7) is 2.71. The third-order valence-electron chi connectivity index (χ3n) is 1.91. The zero-order valence-corrected chi connectivity index (χ0v) is 8.56. The smallest absolute Gasteiger partial charge is 0.311 e. The molecule has 0 aromatic carbocycles. The highest BCUT2D eigenvalue weighted by molar-refractivity contribution is 5.59. The molecule has 6 heteroatoms. The Bertz CT molecular complexity index is 354. The fraction of sp³-hybridized carbons (Fsp3) is 0.444. The molecule has 15 heavy (non-hydrogen) atoms. The van der Waals surface area contributed by atoms with E-state index in [4.69, 9.17) is 5.73 Å². The molecule has 1 heterocycles. The number of nitrogen functional groups attached to an aromatic ring is 1. The van der Waals surface area contributed by atoms with Gasteiger partial charge in [-0.1, -0.05) is 13.3 Å². The van der Waals surface area contributed by atoms with Crippen molar-refractivity contribution in [2.45, 2.75) is 19.8 Å². The van der Waals surface area contributed by atoms with Crippen LogP contribution in [0.4, 0.5) is 17.3 Å². The number of hydrogen-bond donors (Lipinski definition) is 2. The van der Waals surface area contributed by atoms with Crippen molar-refractivity contribution in [3.05, 3.63) is 22.2 Å². The Labute approximate surface area is 87.7 Å². The largest absolute Gasteiger partial charge is 0.384 e. The van der Waals surface area contributed by atoms with Crippen LogP contribution in [0.25, 0.3) is 0 Å². The van der Waals surface area contributed by atoms with Crippen LogP contribution < -0.4 is 11.1 Å². The second kappa shape index (κ2) is 5.14. The maximum atomic E-state index is 10.7. The van der Waals surface area contributed by atoms with Gasteiger partial charge in [0.15, 0.2) is 0 Å². The Morgan fingerprint density at radius 1 is 1.60 bits per heavy atom. The second-order valence-electron chi connectivity index (χ2n) is 3.14. The maximum absolute atomic E-state index is 10.7. The van der Waals surface area contributed by atoms with Gasteiger partial charge in [-0.25, -0.2) is 4.98 Å². The number of nitrogens with two attached hydrogens (primary N) is 1. The fourth-order valence-electron chi connectivity index (χ4n) is 1.13. The van der Waals surface area contributed by atoms with Gasteiger partial charge in [-0.2, -0.15) is 0 Å². The molecular formula is C9H14N4O2. The van der Waals surface area contributed by atoms with Crippen LogP contribution in [0.15, 0.2) is 12.1 Å². The first-order chi connectivity index (χ1) is 7.15. The molecule has 0 fully saturated rings. The minimum absolute atomic E-state index is 0.0414. The molecule has 0 amide bonds. The van der Waals surface area contributed by atoms with Crippen molar-refractivity contribution >= 4 is 17.3 Å². The molecule has 0 saturated heterocycles. The maximum Gasteiger partial charge on any atom is 0.311 e. The van der Waals surface area contributed by atoms with Crippen LogP contribution in [0, 0.1) is 10.1 Å². The van der Waals surface area contributed by atoms with Gasteiger partial charge in [0.2, 0.25) is 5.82 Å². The average molecular weight is 210 g/mol. The van der Waals surface area contributed by atoms with Gasteiger partial charge >= 0.3 is 5.69 Å². The van der Waals surface area contributed by atoms with E-state index in [1.165, 1.54) is 12.1 Å². The average Bonchev–Trinajstić information content (AvgIpc) is 2.18. The molecule has 1 aromatic rings. The standard InChI is InChI=1S/C9H14N4O2/c1-2-3-6-11-9-7(13(14)15)4-5-8(10)12-9/h4-5H,2-3,6H2,1H3,(H3,10,11,12). The predicted octanol–water partition coefficient (Wildman–Crippen LogP) is 1.78. The van der Waals surface area contributed by atoms with E-state index < -0.39 is 4.92 Å². The lowest BCUT2D eigenvalue weighted by Gasteiger charge is -2.05. The summed E-state index contributed by atoms with van der Waals surface area (Å²) in [6.07, 6.45) is 1.96. The van der Waals surface area contributed by atoms with Crippen LogP contribution in [0.1, 0.15) is 19.8 Å². The van der Waals surface area contributed by atoms with Crippen LogP contribution in [-0.2, 0) is 0 Å². The molecule has 1 rings (SSSR count). The van der Waals surface area contributed by atoms with Gasteiger partial charge in [-0.05, 0) is 12.5 Å². The summed E-state index contributed by atoms with van der Waals surface area (Å²) in [4.78, 5) is 14.1. The molecule has 82 valence electrons. The van der Waals surface area contributed by atoms with Crippen molar-refractivity contribution in [2.75, 3.05) is 17.6 Å². The molecule has 0 spiro atoms. The van der Waals surface area contributed by atoms with Crippen LogP contribution in [0.3, 0.4) is 0 Å². The van der Waals surface area contributed by atoms with Crippen molar-refractivity contribution in [2.24, 2.45) is 0 Å². The number of aromatic nitrogens is 1. The van der Waals surface area contributed by atoms with Gasteiger partial charge in [-0.3, -0.25) is 10.1 Å². The molecule has 6 nitrogen and oxygen atoms in total. The van der Waals surface area contributed by atoms with Gasteiger partial charge in [0.25, 0.3) is 0 Å². The van der Waals surface area contributed by atoms with Gasteiger partial charge < -0.3 is 11.1 Å². The van der Waals surface area contributed by atoms with E-state index >= 15 is 0 Å². The van der Waals surface area contributed by atoms with E-state index in [2.05, 4.69) is 10.3 Å². The lowest BCUT2D eigenvalue weighted by atomic mass is 10.3. The van der Waals surface area contributed by atoms with Crippen LogP contribution in [0.2, 0.25) is 0 Å². The number of hydrogen-bond acceptors (Lipinski definition) is 5. The molecule has 0 aliphatic heterocycles. The van der Waals surface area contributed by atoms with Gasteiger partial charge in [0.1, 0.15) is 5.82 Å². The highest BCUT2D eigenvalue weighted by Crippen LogP contribution is 2.22. The summed E-state index contributed by atoms with van der Waals surface area (Å²) < 4.78 is 0. The summed E-state index contributed by atoms with van der Waals surface area (Å²) in [5.74, 6) is 0.521. The van der Waals surface area contributed by atoms with Crippen LogP contribution in [0.5, 0.6) is 0 Å². The molecule has 0 saturated carbocycles. The van der Waals surface area contributed by atoms with E-state index in [-0.39, 0.29) is 17.3 Å². The number of unbranched alkanes of at least 4 members (excludes halogenated alkanes) is 1. The first-order valence-corrected chi connectivity index (χ1v) is 4.80. The van der Waals surface area contributed by atoms with Gasteiger partial charge in [0, 0.05) is 12.6 Å². The Hall–Kier alpha value is -1.85. The zero-order chi connectivity index (χ0) is 11.3. The van der Waals surface area contributed by atoms with Crippen molar-refractivity contribution in [3.8, 4) is 0 Å². The molecule has 0 atom stereocenters. The predicted molar refractivity (Wildman–Crippen MR) is 58.7 cm³/mol. The Morgan fingerprint density at radius 3 is 2.93 bits per heavy atom. The number of pyridine rings is 1. The van der Waals surface area contributed by atoms with Gasteiger partial charge in [0.05, 0.1) is 4.92 Å². The summed E-state index contributed by atoms with van der Waals surface area (Å²) in [6, 6.07) is 2.78. The third kappa shape index (κ3) is 3.08. The Balaban J connectivity index is 2.82. The summed E-state index contributed by atoms with van der Waals surface area (Å²) >= 11 is 0. The SMILES string of the molecule is CCCCNc1nc(N)ccc1[N+](=O)[O-]. The van der Waals surface area contributed by atoms with E-state index in [0.29, 0.717) is 6.54 Å². The fourth-order valence-corrected chi connectivity index (χ4v) is 1.13.